The second-order valence-electron chi connectivity index (χ2n) is 9.65. The summed E-state index contributed by atoms with van der Waals surface area (Å²) in [4.78, 5) is 44.2. The zero-order valence-electron chi connectivity index (χ0n) is 20.4. The van der Waals surface area contributed by atoms with Gasteiger partial charge in [0.05, 0.1) is 41.4 Å². The average molecular weight is 514 g/mol. The van der Waals surface area contributed by atoms with Crippen LogP contribution in [0.1, 0.15) is 26.7 Å². The van der Waals surface area contributed by atoms with Gasteiger partial charge in [-0.15, -0.1) is 23.4 Å². The molecule has 10 nitrogen and oxygen atoms in total. The molecule has 5 rings (SSSR count). The monoisotopic (exact) mass is 513 g/mol. The summed E-state index contributed by atoms with van der Waals surface area (Å²) in [5, 5.41) is 18.4. The predicted molar refractivity (Wildman–Crippen MR) is 134 cm³/mol. The zero-order chi connectivity index (χ0) is 25.6. The summed E-state index contributed by atoms with van der Waals surface area (Å²) < 4.78 is 6.26. The van der Waals surface area contributed by atoms with Gasteiger partial charge >= 0.3 is 5.97 Å². The van der Waals surface area contributed by atoms with Crippen molar-refractivity contribution in [3.05, 3.63) is 36.9 Å². The van der Waals surface area contributed by atoms with Crippen LogP contribution in [0.2, 0.25) is 0 Å². The number of carbonyl (C=O) groups is 3. The Labute approximate surface area is 213 Å². The van der Waals surface area contributed by atoms with Crippen molar-refractivity contribution in [2.24, 2.45) is 11.8 Å². The molecule has 2 aromatic rings. The Balaban J connectivity index is 1.53. The molecule has 36 heavy (non-hydrogen) atoms. The number of esters is 1. The van der Waals surface area contributed by atoms with Crippen LogP contribution in [0.15, 0.2) is 36.9 Å². The highest BCUT2D eigenvalue weighted by molar-refractivity contribution is 8.02. The number of likely N-dealkylation sites (tertiary alicyclic amines) is 1. The number of amides is 2. The Hall–Kier alpha value is -2.92. The second-order valence-corrected chi connectivity index (χ2v) is 11.3. The molecule has 2 unspecified atom stereocenters. The lowest BCUT2D eigenvalue weighted by atomic mass is 9.71. The molecule has 0 radical (unpaired) electrons. The highest BCUT2D eigenvalue weighted by Crippen LogP contribution is 2.66. The second kappa shape index (κ2) is 9.51. The van der Waals surface area contributed by atoms with Crippen molar-refractivity contribution in [3.63, 3.8) is 0 Å². The molecule has 1 N–H and O–H groups in total. The summed E-state index contributed by atoms with van der Waals surface area (Å²) >= 11 is 1.58. The van der Waals surface area contributed by atoms with Gasteiger partial charge in [-0.3, -0.25) is 14.4 Å². The Bertz CT molecular complexity index is 1200. The van der Waals surface area contributed by atoms with Gasteiger partial charge in [0.1, 0.15) is 18.2 Å². The van der Waals surface area contributed by atoms with Gasteiger partial charge in [-0.25, -0.2) is 4.68 Å². The van der Waals surface area contributed by atoms with Gasteiger partial charge in [-0.2, -0.15) is 0 Å². The van der Waals surface area contributed by atoms with Crippen LogP contribution in [-0.4, -0.2) is 89.5 Å². The number of nitrogens with zero attached hydrogens (tertiary/aromatic N) is 5. The van der Waals surface area contributed by atoms with E-state index in [-0.39, 0.29) is 49.5 Å². The molecule has 3 saturated heterocycles. The number of rotatable bonds is 9. The summed E-state index contributed by atoms with van der Waals surface area (Å²) in [6, 6.07) is 6.10. The molecule has 1 aromatic carbocycles. The molecular formula is C25H31N5O5S. The highest BCUT2D eigenvalue weighted by Gasteiger charge is 2.74. The topological polar surface area (TPSA) is 118 Å². The van der Waals surface area contributed by atoms with Gasteiger partial charge in [0.25, 0.3) is 0 Å². The number of thioether (sulfide) groups is 1. The third-order valence-electron chi connectivity index (χ3n) is 7.66. The van der Waals surface area contributed by atoms with Crippen molar-refractivity contribution in [1.29, 1.82) is 0 Å². The number of hydrogen-bond acceptors (Lipinski definition) is 8. The quantitative estimate of drug-likeness (QED) is 0.395. The molecule has 3 aliphatic heterocycles. The molecular weight excluding hydrogens is 482 g/mol. The minimum atomic E-state index is -0.818. The van der Waals surface area contributed by atoms with Crippen LogP contribution >= 0.6 is 11.8 Å². The lowest BCUT2D eigenvalue weighted by Crippen LogP contribution is -2.57. The number of ether oxygens (including phenoxy) is 1. The van der Waals surface area contributed by atoms with Crippen LogP contribution in [-0.2, 0) is 25.8 Å². The average Bonchev–Trinajstić information content (AvgIpc) is 3.62. The number of aliphatic hydroxyl groups excluding tert-OH is 1. The molecule has 3 fully saturated rings. The molecule has 192 valence electrons. The number of benzene rings is 1. The van der Waals surface area contributed by atoms with Crippen LogP contribution in [0, 0.1) is 11.8 Å². The van der Waals surface area contributed by atoms with Crippen molar-refractivity contribution >= 4 is 40.6 Å². The molecule has 4 heterocycles. The SMILES string of the molecule is C=CCN(Cn1nnc2ccccc21)C(=O)C1N([C@H](C)CO)C(=O)[C@@H]2[C@H](C(=O)OCC)[C@@H]3CCC12S3. The first kappa shape index (κ1) is 24.8. The summed E-state index contributed by atoms with van der Waals surface area (Å²) in [6.45, 7) is 7.63. The van der Waals surface area contributed by atoms with E-state index in [4.69, 9.17) is 4.74 Å². The number of para-hydroxylation sites is 1. The number of fused-ring (bicyclic) bond motifs is 2. The molecule has 0 saturated carbocycles. The number of aliphatic hydroxyl groups is 1. The first-order chi connectivity index (χ1) is 17.4. The van der Waals surface area contributed by atoms with E-state index in [1.807, 2.05) is 24.3 Å². The van der Waals surface area contributed by atoms with Crippen molar-refractivity contribution in [2.45, 2.75) is 55.4 Å². The van der Waals surface area contributed by atoms with Gasteiger partial charge < -0.3 is 19.6 Å². The van der Waals surface area contributed by atoms with Gasteiger partial charge in [-0.1, -0.05) is 23.4 Å². The van der Waals surface area contributed by atoms with Crippen LogP contribution in [0.5, 0.6) is 0 Å². The third kappa shape index (κ3) is 3.62. The van der Waals surface area contributed by atoms with E-state index >= 15 is 0 Å². The summed E-state index contributed by atoms with van der Waals surface area (Å²) in [6.07, 6.45) is 3.02. The number of carbonyl (C=O) groups excluding carboxylic acids is 3. The molecule has 1 spiro atoms. The molecule has 6 atom stereocenters. The minimum absolute atomic E-state index is 0.0630. The van der Waals surface area contributed by atoms with Crippen molar-refractivity contribution in [3.8, 4) is 0 Å². The third-order valence-corrected chi connectivity index (χ3v) is 9.61. The van der Waals surface area contributed by atoms with Crippen LogP contribution in [0.25, 0.3) is 11.0 Å². The highest BCUT2D eigenvalue weighted by atomic mass is 32.2. The van der Waals surface area contributed by atoms with Gasteiger partial charge in [0.2, 0.25) is 11.8 Å². The first-order valence-electron chi connectivity index (χ1n) is 12.3. The van der Waals surface area contributed by atoms with E-state index in [1.165, 1.54) is 4.90 Å². The Kier molecular flexibility index (Phi) is 6.54. The molecule has 3 aliphatic rings. The van der Waals surface area contributed by atoms with Gasteiger partial charge in [-0.05, 0) is 38.8 Å². The van der Waals surface area contributed by atoms with E-state index in [9.17, 15) is 19.5 Å². The number of aromatic nitrogens is 3. The molecule has 2 amide bonds. The van der Waals surface area contributed by atoms with Crippen molar-refractivity contribution in [2.75, 3.05) is 19.8 Å². The van der Waals surface area contributed by atoms with E-state index < -0.39 is 28.7 Å². The molecule has 1 aromatic heterocycles. The first-order valence-corrected chi connectivity index (χ1v) is 13.2. The maximum atomic E-state index is 14.3. The van der Waals surface area contributed by atoms with Crippen LogP contribution in [0.4, 0.5) is 0 Å². The van der Waals surface area contributed by atoms with Gasteiger partial charge in [0, 0.05) is 11.8 Å². The summed E-state index contributed by atoms with van der Waals surface area (Å²) in [5.41, 5.74) is 1.51. The maximum absolute atomic E-state index is 14.3. The smallest absolute Gasteiger partial charge is 0.310 e. The molecule has 11 heteroatoms. The predicted octanol–water partition coefficient (Wildman–Crippen LogP) is 1.44. The fourth-order valence-corrected chi connectivity index (χ4v) is 8.36. The van der Waals surface area contributed by atoms with Crippen molar-refractivity contribution < 1.29 is 24.2 Å². The van der Waals surface area contributed by atoms with Gasteiger partial charge in [0.15, 0.2) is 0 Å². The Morgan fingerprint density at radius 3 is 2.92 bits per heavy atom. The fourth-order valence-electron chi connectivity index (χ4n) is 6.17. The Morgan fingerprint density at radius 1 is 1.42 bits per heavy atom. The normalized spacial score (nSPS) is 29.4. The van der Waals surface area contributed by atoms with Crippen molar-refractivity contribution in [1.82, 2.24) is 24.8 Å². The van der Waals surface area contributed by atoms with Crippen LogP contribution in [0.3, 0.4) is 0 Å². The standard InChI is InChI=1S/C25H31N5O5S/c1-4-12-28(14-29-17-9-7-6-8-16(17)26-27-29)23(33)21-25-11-10-18(36-25)19(24(34)35-5-2)20(25)22(32)30(21)15(3)13-31/h4,6-9,15,18-21,31H,1,5,10-14H2,2-3H3/t15-,18+,19-,20+,21?,25?/m1/s1. The zero-order valence-corrected chi connectivity index (χ0v) is 21.3. The lowest BCUT2D eigenvalue weighted by Gasteiger charge is -2.38. The summed E-state index contributed by atoms with van der Waals surface area (Å²) in [7, 11) is 0. The largest absolute Gasteiger partial charge is 0.466 e. The van der Waals surface area contributed by atoms with E-state index in [1.54, 1.807) is 41.3 Å². The lowest BCUT2D eigenvalue weighted by molar-refractivity contribution is -0.154. The minimum Gasteiger partial charge on any atom is -0.466 e. The molecule has 0 aliphatic carbocycles. The summed E-state index contributed by atoms with van der Waals surface area (Å²) in [5.74, 6) is -2.12. The number of hydrogen-bond donors (Lipinski definition) is 1. The Morgan fingerprint density at radius 2 is 2.19 bits per heavy atom. The van der Waals surface area contributed by atoms with Crippen LogP contribution < -0.4 is 0 Å². The maximum Gasteiger partial charge on any atom is 0.310 e. The fraction of sp³-hybridized carbons (Fsp3) is 0.560. The van der Waals surface area contributed by atoms with E-state index in [2.05, 4.69) is 16.9 Å². The van der Waals surface area contributed by atoms with E-state index in [0.717, 1.165) is 17.5 Å². The molecule has 2 bridgehead atoms. The van der Waals surface area contributed by atoms with E-state index in [0.29, 0.717) is 6.42 Å².